The summed E-state index contributed by atoms with van der Waals surface area (Å²) in [7, 11) is 1.42. The quantitative estimate of drug-likeness (QED) is 0.749. The predicted molar refractivity (Wildman–Crippen MR) is 82.0 cm³/mol. The second kappa shape index (κ2) is 7.26. The number of aryl methyl sites for hydroxylation is 1. The summed E-state index contributed by atoms with van der Waals surface area (Å²) in [5.41, 5.74) is 0.206. The monoisotopic (exact) mass is 335 g/mol. The number of aromatic amines is 1. The molecule has 0 aromatic carbocycles. The first-order valence-electron chi connectivity index (χ1n) is 7.05. The minimum absolute atomic E-state index is 0.0836. The zero-order valence-corrected chi connectivity index (χ0v) is 14.3. The Hall–Kier alpha value is -1.08. The lowest BCUT2D eigenvalue weighted by atomic mass is 10.0. The van der Waals surface area contributed by atoms with Crippen molar-refractivity contribution >= 4 is 25.6 Å². The largest absolute Gasteiger partial charge is 0.348 e. The van der Waals surface area contributed by atoms with E-state index in [2.05, 4.69) is 15.5 Å². The first-order valence-corrected chi connectivity index (χ1v) is 9.36. The van der Waals surface area contributed by atoms with Gasteiger partial charge in [-0.1, -0.05) is 33.6 Å². The number of nitrogens with one attached hydrogen (secondary N) is 2. The zero-order valence-electron chi connectivity index (χ0n) is 12.7. The Bertz CT molecular complexity index is 598. The van der Waals surface area contributed by atoms with Crippen LogP contribution in [0.2, 0.25) is 0 Å². The fraction of sp³-hybridized carbons (Fsp3) is 0.692. The number of halogens is 1. The van der Waals surface area contributed by atoms with Crippen LogP contribution in [0.15, 0.2) is 4.90 Å². The van der Waals surface area contributed by atoms with E-state index in [1.807, 2.05) is 27.7 Å². The second-order valence-corrected chi connectivity index (χ2v) is 7.72. The number of H-pyrrole nitrogens is 1. The molecule has 0 bridgehead atoms. The van der Waals surface area contributed by atoms with Gasteiger partial charge in [0.15, 0.2) is 5.69 Å². The molecular formula is C13H22ClN3O3S. The highest BCUT2D eigenvalue weighted by Gasteiger charge is 2.29. The fourth-order valence-corrected chi connectivity index (χ4v) is 3.28. The van der Waals surface area contributed by atoms with Crippen molar-refractivity contribution in [3.63, 3.8) is 0 Å². The van der Waals surface area contributed by atoms with Gasteiger partial charge in [0.1, 0.15) is 4.90 Å². The number of carbonyl (C=O) groups excluding carboxylic acids is 1. The number of carbonyl (C=O) groups is 1. The third kappa shape index (κ3) is 4.44. The zero-order chi connectivity index (χ0) is 16.2. The summed E-state index contributed by atoms with van der Waals surface area (Å²) in [6.45, 7) is 7.81. The number of aromatic nitrogens is 2. The highest BCUT2D eigenvalue weighted by atomic mass is 35.7. The molecule has 0 saturated carbocycles. The van der Waals surface area contributed by atoms with E-state index in [1.165, 1.54) is 0 Å². The Morgan fingerprint density at radius 3 is 2.48 bits per heavy atom. The average molecular weight is 336 g/mol. The summed E-state index contributed by atoms with van der Waals surface area (Å²) in [4.78, 5) is 12.0. The predicted octanol–water partition coefficient (Wildman–Crippen LogP) is 2.45. The first-order chi connectivity index (χ1) is 9.72. The maximum absolute atomic E-state index is 12.2. The van der Waals surface area contributed by atoms with Crippen LogP contribution in [0.25, 0.3) is 0 Å². The number of rotatable bonds is 7. The first kappa shape index (κ1) is 18.0. The standard InChI is InChI=1S/C13H22ClN3O3S/c1-5-7-10-12(21(14,19)20)11(17-16-10)13(18)15-9(4)8(3)6-2/h8-9H,5-7H2,1-4H3,(H,15,18)(H,16,17). The van der Waals surface area contributed by atoms with E-state index in [0.29, 0.717) is 18.5 Å². The van der Waals surface area contributed by atoms with Crippen molar-refractivity contribution in [3.8, 4) is 0 Å². The normalized spacial score (nSPS) is 14.7. The lowest BCUT2D eigenvalue weighted by Gasteiger charge is -2.19. The molecule has 21 heavy (non-hydrogen) atoms. The Labute approximate surface area is 130 Å². The lowest BCUT2D eigenvalue weighted by molar-refractivity contribution is 0.0919. The van der Waals surface area contributed by atoms with E-state index in [-0.39, 0.29) is 22.5 Å². The molecule has 8 heteroatoms. The van der Waals surface area contributed by atoms with Gasteiger partial charge in [0.05, 0.1) is 5.69 Å². The van der Waals surface area contributed by atoms with Crippen molar-refractivity contribution in [2.45, 2.75) is 57.9 Å². The van der Waals surface area contributed by atoms with Gasteiger partial charge in [-0.2, -0.15) is 5.10 Å². The summed E-state index contributed by atoms with van der Waals surface area (Å²) in [5, 5.41) is 9.21. The van der Waals surface area contributed by atoms with Gasteiger partial charge in [0, 0.05) is 16.7 Å². The van der Waals surface area contributed by atoms with Gasteiger partial charge in [0.2, 0.25) is 0 Å². The molecule has 0 aliphatic heterocycles. The van der Waals surface area contributed by atoms with Crippen molar-refractivity contribution < 1.29 is 13.2 Å². The Morgan fingerprint density at radius 1 is 1.38 bits per heavy atom. The van der Waals surface area contributed by atoms with Gasteiger partial charge in [-0.15, -0.1) is 0 Å². The van der Waals surface area contributed by atoms with E-state index in [1.54, 1.807) is 0 Å². The molecule has 0 radical (unpaired) electrons. The van der Waals surface area contributed by atoms with Gasteiger partial charge >= 0.3 is 0 Å². The van der Waals surface area contributed by atoms with E-state index >= 15 is 0 Å². The van der Waals surface area contributed by atoms with E-state index in [9.17, 15) is 13.2 Å². The van der Waals surface area contributed by atoms with Crippen LogP contribution in [0.1, 0.15) is 56.7 Å². The number of hydrogen-bond acceptors (Lipinski definition) is 4. The molecule has 0 aliphatic carbocycles. The second-order valence-electron chi connectivity index (χ2n) is 5.22. The summed E-state index contributed by atoms with van der Waals surface area (Å²) in [5.74, 6) is -0.250. The smallest absolute Gasteiger partial charge is 0.273 e. The highest BCUT2D eigenvalue weighted by molar-refractivity contribution is 8.13. The molecule has 0 aliphatic rings. The third-order valence-electron chi connectivity index (χ3n) is 3.61. The highest BCUT2D eigenvalue weighted by Crippen LogP contribution is 2.24. The Kier molecular flexibility index (Phi) is 6.22. The molecule has 1 rings (SSSR count). The third-order valence-corrected chi connectivity index (χ3v) is 5.00. The van der Waals surface area contributed by atoms with Gasteiger partial charge < -0.3 is 5.32 Å². The van der Waals surface area contributed by atoms with E-state index in [0.717, 1.165) is 6.42 Å². The van der Waals surface area contributed by atoms with Crippen molar-refractivity contribution in [2.24, 2.45) is 5.92 Å². The van der Waals surface area contributed by atoms with Crippen LogP contribution in [0.4, 0.5) is 0 Å². The molecule has 1 aromatic rings. The van der Waals surface area contributed by atoms with Crippen LogP contribution in [0, 0.1) is 5.92 Å². The number of amides is 1. The SMILES string of the molecule is CCCc1[nH]nc(C(=O)NC(C)C(C)CC)c1S(=O)(=O)Cl. The molecule has 6 nitrogen and oxygen atoms in total. The van der Waals surface area contributed by atoms with Gasteiger partial charge in [-0.25, -0.2) is 8.42 Å². The molecule has 0 spiro atoms. The van der Waals surface area contributed by atoms with Crippen molar-refractivity contribution in [3.05, 3.63) is 11.4 Å². The van der Waals surface area contributed by atoms with Crippen LogP contribution >= 0.6 is 10.7 Å². The number of hydrogen-bond donors (Lipinski definition) is 2. The average Bonchev–Trinajstić information content (AvgIpc) is 2.81. The van der Waals surface area contributed by atoms with Crippen LogP contribution in [0.3, 0.4) is 0 Å². The van der Waals surface area contributed by atoms with Gasteiger partial charge in [-0.3, -0.25) is 9.89 Å². The molecule has 1 heterocycles. The molecule has 0 fully saturated rings. The van der Waals surface area contributed by atoms with Gasteiger partial charge in [-0.05, 0) is 19.3 Å². The number of nitrogens with zero attached hydrogens (tertiary/aromatic N) is 1. The van der Waals surface area contributed by atoms with Gasteiger partial charge in [0.25, 0.3) is 15.0 Å². The van der Waals surface area contributed by atoms with Crippen molar-refractivity contribution in [1.82, 2.24) is 15.5 Å². The topological polar surface area (TPSA) is 91.9 Å². The summed E-state index contributed by atoms with van der Waals surface area (Å²) in [6, 6.07) is -0.0836. The Morgan fingerprint density at radius 2 is 2.00 bits per heavy atom. The molecule has 120 valence electrons. The molecule has 2 atom stereocenters. The molecule has 1 aromatic heterocycles. The van der Waals surface area contributed by atoms with Crippen LogP contribution < -0.4 is 5.32 Å². The van der Waals surface area contributed by atoms with Crippen LogP contribution in [0.5, 0.6) is 0 Å². The molecule has 2 N–H and O–H groups in total. The minimum atomic E-state index is -4.03. The maximum Gasteiger partial charge on any atom is 0.273 e. The molecular weight excluding hydrogens is 314 g/mol. The van der Waals surface area contributed by atoms with Crippen LogP contribution in [-0.2, 0) is 15.5 Å². The maximum atomic E-state index is 12.2. The molecule has 0 saturated heterocycles. The summed E-state index contributed by atoms with van der Waals surface area (Å²) < 4.78 is 23.4. The van der Waals surface area contributed by atoms with Crippen molar-refractivity contribution in [1.29, 1.82) is 0 Å². The van der Waals surface area contributed by atoms with E-state index < -0.39 is 15.0 Å². The summed E-state index contributed by atoms with van der Waals surface area (Å²) in [6.07, 6.45) is 2.08. The minimum Gasteiger partial charge on any atom is -0.348 e. The Balaban J connectivity index is 3.11. The molecule has 2 unspecified atom stereocenters. The molecule has 1 amide bonds. The summed E-state index contributed by atoms with van der Waals surface area (Å²) >= 11 is 0. The lowest BCUT2D eigenvalue weighted by Crippen LogP contribution is -2.37. The fourth-order valence-electron chi connectivity index (χ4n) is 1.97. The van der Waals surface area contributed by atoms with E-state index in [4.69, 9.17) is 10.7 Å². The van der Waals surface area contributed by atoms with Crippen molar-refractivity contribution in [2.75, 3.05) is 0 Å². The van der Waals surface area contributed by atoms with Crippen LogP contribution in [-0.4, -0.2) is 30.6 Å².